The predicted octanol–water partition coefficient (Wildman–Crippen LogP) is 0.269. The number of aliphatic hydroxyl groups is 1. The summed E-state index contributed by atoms with van der Waals surface area (Å²) in [6, 6.07) is 0. The molecule has 1 N–H and O–H groups in total. The first-order valence-corrected chi connectivity index (χ1v) is 5.66. The van der Waals surface area contributed by atoms with Crippen LogP contribution in [0.5, 0.6) is 0 Å². The van der Waals surface area contributed by atoms with Gasteiger partial charge in [-0.1, -0.05) is 0 Å². The molecule has 0 amide bonds. The molecule has 0 radical (unpaired) electrons. The van der Waals surface area contributed by atoms with Crippen molar-refractivity contribution in [2.75, 3.05) is 40.0 Å². The molecule has 96 valence electrons. The van der Waals surface area contributed by atoms with Gasteiger partial charge in [-0.25, -0.2) is 4.79 Å². The first-order chi connectivity index (χ1) is 7.56. The van der Waals surface area contributed by atoms with E-state index in [1.807, 2.05) is 7.05 Å². The Bertz CT molecular complexity index is 185. The third-order valence-corrected chi connectivity index (χ3v) is 2.07. The summed E-state index contributed by atoms with van der Waals surface area (Å²) >= 11 is 0. The number of esters is 1. The second-order valence-electron chi connectivity index (χ2n) is 3.80. The number of ether oxygens (including phenoxy) is 2. The minimum absolute atomic E-state index is 0.0120. The SMILES string of the molecule is CCOC(=O)COCCN(C)CCC(C)O. The van der Waals surface area contributed by atoms with Crippen LogP contribution in [0.1, 0.15) is 20.3 Å². The normalized spacial score (nSPS) is 12.8. The van der Waals surface area contributed by atoms with Crippen molar-refractivity contribution in [2.45, 2.75) is 26.4 Å². The quantitative estimate of drug-likeness (QED) is 0.457. The fourth-order valence-electron chi connectivity index (χ4n) is 1.10. The molecular formula is C11H23NO4. The minimum atomic E-state index is -0.325. The molecule has 0 aromatic carbocycles. The van der Waals surface area contributed by atoms with Crippen LogP contribution < -0.4 is 0 Å². The van der Waals surface area contributed by atoms with Crippen LogP contribution in [0.4, 0.5) is 0 Å². The molecule has 0 rings (SSSR count). The van der Waals surface area contributed by atoms with Gasteiger partial charge in [0.05, 0.1) is 19.3 Å². The van der Waals surface area contributed by atoms with Crippen molar-refractivity contribution in [3.63, 3.8) is 0 Å². The van der Waals surface area contributed by atoms with Gasteiger partial charge in [0.25, 0.3) is 0 Å². The molecule has 5 nitrogen and oxygen atoms in total. The Balaban J connectivity index is 3.33. The molecule has 0 aromatic rings. The van der Waals surface area contributed by atoms with Gasteiger partial charge < -0.3 is 19.5 Å². The summed E-state index contributed by atoms with van der Waals surface area (Å²) in [5.74, 6) is -0.325. The summed E-state index contributed by atoms with van der Waals surface area (Å²) < 4.78 is 9.86. The van der Waals surface area contributed by atoms with Gasteiger partial charge in [0.15, 0.2) is 0 Å². The Morgan fingerprint density at radius 3 is 2.69 bits per heavy atom. The third-order valence-electron chi connectivity index (χ3n) is 2.07. The van der Waals surface area contributed by atoms with E-state index in [1.165, 1.54) is 0 Å². The highest BCUT2D eigenvalue weighted by Gasteiger charge is 2.03. The molecule has 0 aliphatic rings. The van der Waals surface area contributed by atoms with Crippen LogP contribution >= 0.6 is 0 Å². The van der Waals surface area contributed by atoms with E-state index in [1.54, 1.807) is 13.8 Å². The van der Waals surface area contributed by atoms with E-state index in [4.69, 9.17) is 14.6 Å². The number of hydrogen-bond acceptors (Lipinski definition) is 5. The Morgan fingerprint density at radius 1 is 1.44 bits per heavy atom. The van der Waals surface area contributed by atoms with Crippen molar-refractivity contribution in [1.82, 2.24) is 4.90 Å². The van der Waals surface area contributed by atoms with Gasteiger partial charge in [0.2, 0.25) is 0 Å². The highest BCUT2D eigenvalue weighted by molar-refractivity contribution is 5.70. The van der Waals surface area contributed by atoms with E-state index in [0.717, 1.165) is 19.5 Å². The van der Waals surface area contributed by atoms with E-state index < -0.39 is 0 Å². The molecular weight excluding hydrogens is 210 g/mol. The zero-order valence-corrected chi connectivity index (χ0v) is 10.4. The lowest BCUT2D eigenvalue weighted by Crippen LogP contribution is -2.27. The van der Waals surface area contributed by atoms with Crippen molar-refractivity contribution in [2.24, 2.45) is 0 Å². The van der Waals surface area contributed by atoms with E-state index in [-0.39, 0.29) is 18.7 Å². The maximum Gasteiger partial charge on any atom is 0.332 e. The summed E-state index contributed by atoms with van der Waals surface area (Å²) in [5, 5.41) is 9.09. The molecule has 0 fully saturated rings. The number of carbonyl (C=O) groups excluding carboxylic acids is 1. The van der Waals surface area contributed by atoms with Gasteiger partial charge in [-0.05, 0) is 27.3 Å². The second-order valence-corrected chi connectivity index (χ2v) is 3.80. The molecule has 0 aliphatic carbocycles. The average Bonchev–Trinajstić information content (AvgIpc) is 2.22. The topological polar surface area (TPSA) is 59.0 Å². The summed E-state index contributed by atoms with van der Waals surface area (Å²) in [6.45, 7) is 5.99. The van der Waals surface area contributed by atoms with Crippen LogP contribution in [-0.4, -0.2) is 62.0 Å². The molecule has 16 heavy (non-hydrogen) atoms. The van der Waals surface area contributed by atoms with E-state index in [9.17, 15) is 4.79 Å². The van der Waals surface area contributed by atoms with Crippen molar-refractivity contribution in [3.05, 3.63) is 0 Å². The largest absolute Gasteiger partial charge is 0.464 e. The summed E-state index contributed by atoms with van der Waals surface area (Å²) in [7, 11) is 1.95. The Labute approximate surface area is 97.3 Å². The highest BCUT2D eigenvalue weighted by Crippen LogP contribution is 1.93. The number of nitrogens with zero attached hydrogens (tertiary/aromatic N) is 1. The Hall–Kier alpha value is -0.650. The molecule has 0 aromatic heterocycles. The van der Waals surface area contributed by atoms with Crippen LogP contribution in [-0.2, 0) is 14.3 Å². The van der Waals surface area contributed by atoms with Crippen LogP contribution in [0.25, 0.3) is 0 Å². The Morgan fingerprint density at radius 2 is 2.12 bits per heavy atom. The van der Waals surface area contributed by atoms with Crippen LogP contribution in [0.15, 0.2) is 0 Å². The minimum Gasteiger partial charge on any atom is -0.464 e. The zero-order valence-electron chi connectivity index (χ0n) is 10.4. The zero-order chi connectivity index (χ0) is 12.4. The van der Waals surface area contributed by atoms with Crippen molar-refractivity contribution >= 4 is 5.97 Å². The van der Waals surface area contributed by atoms with Crippen molar-refractivity contribution in [1.29, 1.82) is 0 Å². The predicted molar refractivity (Wildman–Crippen MR) is 61.2 cm³/mol. The fourth-order valence-corrected chi connectivity index (χ4v) is 1.10. The van der Waals surface area contributed by atoms with E-state index in [0.29, 0.717) is 13.2 Å². The van der Waals surface area contributed by atoms with Gasteiger partial charge in [-0.3, -0.25) is 0 Å². The fraction of sp³-hybridized carbons (Fsp3) is 0.909. The summed E-state index contributed by atoms with van der Waals surface area (Å²) in [5.41, 5.74) is 0. The van der Waals surface area contributed by atoms with Gasteiger partial charge >= 0.3 is 5.97 Å². The molecule has 0 aliphatic heterocycles. The summed E-state index contributed by atoms with van der Waals surface area (Å²) in [6.07, 6.45) is 0.469. The van der Waals surface area contributed by atoms with E-state index >= 15 is 0 Å². The van der Waals surface area contributed by atoms with Gasteiger partial charge in [0.1, 0.15) is 6.61 Å². The number of hydrogen-bond donors (Lipinski definition) is 1. The average molecular weight is 233 g/mol. The number of aliphatic hydroxyl groups excluding tert-OH is 1. The lowest BCUT2D eigenvalue weighted by atomic mass is 10.3. The number of carbonyl (C=O) groups is 1. The van der Waals surface area contributed by atoms with Crippen LogP contribution in [0.3, 0.4) is 0 Å². The number of rotatable bonds is 9. The first-order valence-electron chi connectivity index (χ1n) is 5.66. The smallest absolute Gasteiger partial charge is 0.332 e. The number of likely N-dealkylation sites (N-methyl/N-ethyl adjacent to an activating group) is 1. The molecule has 1 unspecified atom stereocenters. The van der Waals surface area contributed by atoms with Gasteiger partial charge in [-0.15, -0.1) is 0 Å². The van der Waals surface area contributed by atoms with Crippen LogP contribution in [0, 0.1) is 0 Å². The monoisotopic (exact) mass is 233 g/mol. The van der Waals surface area contributed by atoms with Gasteiger partial charge in [0, 0.05) is 13.1 Å². The maximum absolute atomic E-state index is 10.9. The summed E-state index contributed by atoms with van der Waals surface area (Å²) in [4.78, 5) is 13.0. The molecule has 1 atom stereocenters. The lowest BCUT2D eigenvalue weighted by molar-refractivity contribution is -0.148. The van der Waals surface area contributed by atoms with Crippen LogP contribution in [0.2, 0.25) is 0 Å². The molecule has 0 spiro atoms. The molecule has 0 heterocycles. The highest BCUT2D eigenvalue weighted by atomic mass is 16.6. The molecule has 0 saturated carbocycles. The second kappa shape index (κ2) is 9.57. The van der Waals surface area contributed by atoms with Crippen molar-refractivity contribution in [3.8, 4) is 0 Å². The molecule has 0 saturated heterocycles. The van der Waals surface area contributed by atoms with E-state index in [2.05, 4.69) is 4.90 Å². The maximum atomic E-state index is 10.9. The third kappa shape index (κ3) is 9.89. The lowest BCUT2D eigenvalue weighted by Gasteiger charge is -2.17. The molecule has 0 bridgehead atoms. The molecule has 5 heteroatoms. The Kier molecular flexibility index (Phi) is 9.18. The standard InChI is InChI=1S/C11H23NO4/c1-4-16-11(14)9-15-8-7-12(3)6-5-10(2)13/h10,13H,4-9H2,1-3H3. The van der Waals surface area contributed by atoms with Gasteiger partial charge in [-0.2, -0.15) is 0 Å². The first kappa shape index (κ1) is 15.3. The van der Waals surface area contributed by atoms with Crippen molar-refractivity contribution < 1.29 is 19.4 Å².